The molecule has 218 valence electrons. The van der Waals surface area contributed by atoms with Crippen LogP contribution < -0.4 is 4.74 Å². The van der Waals surface area contributed by atoms with Crippen LogP contribution in [-0.2, 0) is 16.8 Å². The number of carbonyl (C=O) groups is 1. The van der Waals surface area contributed by atoms with Crippen LogP contribution in [0.5, 0.6) is 5.75 Å². The molecule has 2 N–H and O–H groups in total. The molecular weight excluding hydrogens is 618 g/mol. The fourth-order valence-electron chi connectivity index (χ4n) is 5.18. The zero-order chi connectivity index (χ0) is 29.5. The molecule has 1 aliphatic rings. The van der Waals surface area contributed by atoms with E-state index in [1.165, 1.54) is 0 Å². The SMILES string of the molecule is O=C(O)c1ccc(-c2ccc(OCCc3cc([C@@](O)(CCN4CCOCC4)c4ccc(Br)cc4)ccc3Cl)cc2)cc1. The highest BCUT2D eigenvalue weighted by atomic mass is 79.9. The Hall–Kier alpha value is -3.20. The van der Waals surface area contributed by atoms with Crippen LogP contribution >= 0.6 is 27.5 Å². The first-order chi connectivity index (χ1) is 20.3. The van der Waals surface area contributed by atoms with Gasteiger partial charge in [-0.05, 0) is 76.7 Å². The lowest BCUT2D eigenvalue weighted by Gasteiger charge is -2.34. The van der Waals surface area contributed by atoms with Gasteiger partial charge in [0, 0.05) is 35.6 Å². The van der Waals surface area contributed by atoms with Gasteiger partial charge >= 0.3 is 5.97 Å². The molecule has 4 aromatic carbocycles. The largest absolute Gasteiger partial charge is 0.493 e. The Morgan fingerprint density at radius 1 is 0.905 bits per heavy atom. The first kappa shape index (κ1) is 30.3. The minimum absolute atomic E-state index is 0.258. The Morgan fingerprint density at radius 2 is 1.52 bits per heavy atom. The van der Waals surface area contributed by atoms with Crippen LogP contribution in [0.3, 0.4) is 0 Å². The summed E-state index contributed by atoms with van der Waals surface area (Å²) in [6.45, 7) is 4.31. The van der Waals surface area contributed by atoms with Gasteiger partial charge in [0.05, 0.1) is 25.4 Å². The van der Waals surface area contributed by atoms with Crippen LogP contribution in [0.4, 0.5) is 0 Å². The van der Waals surface area contributed by atoms with Crippen LogP contribution in [0.25, 0.3) is 11.1 Å². The summed E-state index contributed by atoms with van der Waals surface area (Å²) < 4.78 is 12.5. The molecule has 0 bridgehead atoms. The second kappa shape index (κ2) is 13.8. The summed E-state index contributed by atoms with van der Waals surface area (Å²) in [4.78, 5) is 13.4. The van der Waals surface area contributed by atoms with E-state index in [9.17, 15) is 9.90 Å². The normalized spacial score (nSPS) is 15.2. The molecule has 6 nitrogen and oxygen atoms in total. The number of carboxylic acids is 1. The number of rotatable bonds is 11. The highest BCUT2D eigenvalue weighted by Crippen LogP contribution is 2.36. The minimum atomic E-state index is -1.18. The first-order valence-electron chi connectivity index (χ1n) is 14.0. The summed E-state index contributed by atoms with van der Waals surface area (Å²) in [6.07, 6.45) is 1.11. The number of benzene rings is 4. The van der Waals surface area contributed by atoms with Crippen molar-refractivity contribution in [2.75, 3.05) is 39.5 Å². The van der Waals surface area contributed by atoms with Crippen molar-refractivity contribution in [3.05, 3.63) is 123 Å². The molecule has 8 heteroatoms. The number of hydrogen-bond acceptors (Lipinski definition) is 5. The van der Waals surface area contributed by atoms with E-state index in [1.54, 1.807) is 24.3 Å². The number of morpholine rings is 1. The van der Waals surface area contributed by atoms with Gasteiger partial charge in [-0.25, -0.2) is 4.79 Å². The molecule has 0 saturated carbocycles. The van der Waals surface area contributed by atoms with Crippen LogP contribution in [0, 0.1) is 0 Å². The van der Waals surface area contributed by atoms with Gasteiger partial charge < -0.3 is 19.7 Å². The van der Waals surface area contributed by atoms with Crippen LogP contribution in [-0.4, -0.2) is 60.5 Å². The van der Waals surface area contributed by atoms with E-state index in [0.29, 0.717) is 37.7 Å². The topological polar surface area (TPSA) is 79.2 Å². The molecule has 0 spiro atoms. The van der Waals surface area contributed by atoms with Gasteiger partial charge in [-0.15, -0.1) is 0 Å². The molecule has 1 heterocycles. The Balaban J connectivity index is 1.27. The van der Waals surface area contributed by atoms with Crippen LogP contribution in [0.15, 0.2) is 95.5 Å². The zero-order valence-electron chi connectivity index (χ0n) is 23.1. The molecule has 1 aliphatic heterocycles. The van der Waals surface area contributed by atoms with Gasteiger partial charge in [-0.3, -0.25) is 4.90 Å². The van der Waals surface area contributed by atoms with Crippen molar-refractivity contribution < 1.29 is 24.5 Å². The first-order valence-corrected chi connectivity index (χ1v) is 15.1. The minimum Gasteiger partial charge on any atom is -0.493 e. The Labute approximate surface area is 259 Å². The van der Waals surface area contributed by atoms with Gasteiger partial charge in [-0.2, -0.15) is 0 Å². The fraction of sp³-hybridized carbons (Fsp3) is 0.265. The van der Waals surface area contributed by atoms with Crippen molar-refractivity contribution in [3.8, 4) is 16.9 Å². The molecule has 0 radical (unpaired) electrons. The van der Waals surface area contributed by atoms with Crippen molar-refractivity contribution in [2.45, 2.75) is 18.4 Å². The number of aromatic carboxylic acids is 1. The molecule has 0 amide bonds. The van der Waals surface area contributed by atoms with Crippen molar-refractivity contribution >= 4 is 33.5 Å². The van der Waals surface area contributed by atoms with E-state index in [4.69, 9.17) is 26.2 Å². The van der Waals surface area contributed by atoms with E-state index in [1.807, 2.05) is 66.7 Å². The van der Waals surface area contributed by atoms with Crippen molar-refractivity contribution in [3.63, 3.8) is 0 Å². The summed E-state index contributed by atoms with van der Waals surface area (Å²) in [7, 11) is 0. The highest BCUT2D eigenvalue weighted by Gasteiger charge is 2.33. The van der Waals surface area contributed by atoms with Crippen molar-refractivity contribution in [1.29, 1.82) is 0 Å². The maximum Gasteiger partial charge on any atom is 0.335 e. The number of nitrogens with zero attached hydrogens (tertiary/aromatic N) is 1. The van der Waals surface area contributed by atoms with Crippen LogP contribution in [0.2, 0.25) is 5.02 Å². The third kappa shape index (κ3) is 7.41. The van der Waals surface area contributed by atoms with Crippen LogP contribution in [0.1, 0.15) is 33.5 Å². The third-order valence-electron chi connectivity index (χ3n) is 7.70. The van der Waals surface area contributed by atoms with Gasteiger partial charge in [-0.1, -0.05) is 76.1 Å². The fourth-order valence-corrected chi connectivity index (χ4v) is 5.65. The average Bonchev–Trinajstić information content (AvgIpc) is 3.02. The predicted molar refractivity (Wildman–Crippen MR) is 169 cm³/mol. The second-order valence-electron chi connectivity index (χ2n) is 10.4. The quantitative estimate of drug-likeness (QED) is 0.181. The molecule has 0 aromatic heterocycles. The monoisotopic (exact) mass is 649 g/mol. The molecule has 42 heavy (non-hydrogen) atoms. The molecule has 0 unspecified atom stereocenters. The van der Waals surface area contributed by atoms with Gasteiger partial charge in [0.1, 0.15) is 11.4 Å². The molecule has 1 saturated heterocycles. The van der Waals surface area contributed by atoms with Gasteiger partial charge in [0.15, 0.2) is 0 Å². The van der Waals surface area contributed by atoms with Gasteiger partial charge in [0.2, 0.25) is 0 Å². The summed E-state index contributed by atoms with van der Waals surface area (Å²) >= 11 is 10.1. The lowest BCUT2D eigenvalue weighted by Crippen LogP contribution is -2.40. The lowest BCUT2D eigenvalue weighted by molar-refractivity contribution is 0.0143. The lowest BCUT2D eigenvalue weighted by atomic mass is 9.82. The summed E-state index contributed by atoms with van der Waals surface area (Å²) in [5.74, 6) is -0.216. The summed E-state index contributed by atoms with van der Waals surface area (Å²) in [5.41, 5.74) is 3.52. The number of carboxylic acid groups (broad SMARTS) is 1. The standard InChI is InChI=1S/C34H33BrClNO5/c35-30-10-7-28(8-11-30)34(40,16-17-37-18-21-41-22-19-37)29-9-14-32(36)27(23-29)15-20-42-31-12-5-25(6-13-31)24-1-3-26(4-2-24)33(38)39/h1-14,23,40H,15-22H2,(H,38,39)/t34-/m1/s1. The molecule has 4 aromatic rings. The number of ether oxygens (including phenoxy) is 2. The Kier molecular flexibility index (Phi) is 9.98. The molecule has 5 rings (SSSR count). The summed E-state index contributed by atoms with van der Waals surface area (Å²) in [6, 6.07) is 28.1. The maximum absolute atomic E-state index is 12.2. The number of aliphatic hydroxyl groups is 1. The average molecular weight is 651 g/mol. The molecule has 1 atom stereocenters. The molecule has 1 fully saturated rings. The highest BCUT2D eigenvalue weighted by molar-refractivity contribution is 9.10. The van der Waals surface area contributed by atoms with E-state index < -0.39 is 11.6 Å². The Bertz CT molecular complexity index is 1490. The van der Waals surface area contributed by atoms with Crippen molar-refractivity contribution in [1.82, 2.24) is 4.90 Å². The van der Waals surface area contributed by atoms with Gasteiger partial charge in [0.25, 0.3) is 0 Å². The predicted octanol–water partition coefficient (Wildman–Crippen LogP) is 7.05. The smallest absolute Gasteiger partial charge is 0.335 e. The van der Waals surface area contributed by atoms with Crippen molar-refractivity contribution in [2.24, 2.45) is 0 Å². The maximum atomic E-state index is 12.2. The summed E-state index contributed by atoms with van der Waals surface area (Å²) in [5, 5.41) is 21.9. The third-order valence-corrected chi connectivity index (χ3v) is 8.60. The molecular formula is C34H33BrClNO5. The van der Waals surface area contributed by atoms with E-state index in [0.717, 1.165) is 57.7 Å². The number of hydrogen-bond donors (Lipinski definition) is 2. The van der Waals surface area contributed by atoms with E-state index >= 15 is 0 Å². The van der Waals surface area contributed by atoms with E-state index in [-0.39, 0.29) is 5.56 Å². The Morgan fingerprint density at radius 3 is 2.17 bits per heavy atom. The zero-order valence-corrected chi connectivity index (χ0v) is 25.5. The van der Waals surface area contributed by atoms with E-state index in [2.05, 4.69) is 20.8 Å². The number of halogens is 2. The molecule has 0 aliphatic carbocycles. The second-order valence-corrected chi connectivity index (χ2v) is 11.7.